The van der Waals surface area contributed by atoms with Crippen LogP contribution in [0.3, 0.4) is 0 Å². The molecule has 1 amide bonds. The summed E-state index contributed by atoms with van der Waals surface area (Å²) in [6.45, 7) is 1.05. The molecule has 0 bridgehead atoms. The van der Waals surface area contributed by atoms with Gasteiger partial charge in [0.15, 0.2) is 10.9 Å². The Morgan fingerprint density at radius 2 is 1.78 bits per heavy atom. The average Bonchev–Trinajstić information content (AvgIpc) is 3.03. The number of rotatable bonds is 6. The Hall–Kier alpha value is -2.62. The number of thiazole rings is 1. The monoisotopic (exact) mass is 403 g/mol. The molecule has 0 aliphatic heterocycles. The molecule has 0 atom stereocenters. The number of hydrogen-bond acceptors (Lipinski definition) is 6. The number of Topliss-reactive ketones (excluding diaryl/α,β-unsaturated/α-hetero) is 1. The van der Waals surface area contributed by atoms with Gasteiger partial charge >= 0.3 is 0 Å². The molecule has 9 heteroatoms. The number of fused-ring (bicyclic) bond motifs is 1. The van der Waals surface area contributed by atoms with E-state index in [2.05, 4.69) is 10.3 Å². The van der Waals surface area contributed by atoms with Crippen molar-refractivity contribution in [2.45, 2.75) is 11.8 Å². The molecule has 0 aliphatic rings. The highest BCUT2D eigenvalue weighted by molar-refractivity contribution is 7.89. The van der Waals surface area contributed by atoms with Crippen LogP contribution in [0.5, 0.6) is 0 Å². The van der Waals surface area contributed by atoms with E-state index in [4.69, 9.17) is 0 Å². The molecular weight excluding hydrogens is 386 g/mol. The third kappa shape index (κ3) is 4.21. The van der Waals surface area contributed by atoms with Gasteiger partial charge in [-0.2, -0.15) is 4.31 Å². The highest BCUT2D eigenvalue weighted by atomic mass is 32.2. The van der Waals surface area contributed by atoms with Crippen molar-refractivity contribution in [2.75, 3.05) is 18.9 Å². The summed E-state index contributed by atoms with van der Waals surface area (Å²) in [5, 5.41) is 3.04. The predicted molar refractivity (Wildman–Crippen MR) is 105 cm³/mol. The minimum absolute atomic E-state index is 0.0165. The Bertz CT molecular complexity index is 1070. The molecule has 0 aliphatic carbocycles. The number of hydrogen-bond donors (Lipinski definition) is 1. The molecule has 0 saturated heterocycles. The summed E-state index contributed by atoms with van der Waals surface area (Å²) in [5.74, 6) is -0.636. The van der Waals surface area contributed by atoms with Crippen LogP contribution in [0.1, 0.15) is 17.3 Å². The van der Waals surface area contributed by atoms with E-state index >= 15 is 0 Å². The normalized spacial score (nSPS) is 11.7. The van der Waals surface area contributed by atoms with Gasteiger partial charge in [0.25, 0.3) is 0 Å². The number of nitrogens with zero attached hydrogens (tertiary/aromatic N) is 2. The van der Waals surface area contributed by atoms with Gasteiger partial charge in [-0.25, -0.2) is 13.4 Å². The molecule has 27 heavy (non-hydrogen) atoms. The Labute approximate surface area is 160 Å². The fourth-order valence-electron chi connectivity index (χ4n) is 2.41. The average molecular weight is 403 g/mol. The molecule has 3 rings (SSSR count). The number of aromatic nitrogens is 1. The molecule has 0 fully saturated rings. The second kappa shape index (κ2) is 7.55. The zero-order valence-electron chi connectivity index (χ0n) is 14.7. The summed E-state index contributed by atoms with van der Waals surface area (Å²) in [5.41, 5.74) is 1.19. The van der Waals surface area contributed by atoms with Crippen LogP contribution in [0.25, 0.3) is 10.2 Å². The Morgan fingerprint density at radius 3 is 2.41 bits per heavy atom. The van der Waals surface area contributed by atoms with Crippen molar-refractivity contribution in [3.63, 3.8) is 0 Å². The van der Waals surface area contributed by atoms with Crippen LogP contribution in [-0.4, -0.2) is 43.0 Å². The van der Waals surface area contributed by atoms with Crippen molar-refractivity contribution >= 4 is 48.4 Å². The SMILES string of the molecule is CC(=O)c1ccc(S(=O)(=O)N(C)CC(=O)Nc2nc3ccccc3s2)cc1. The first-order chi connectivity index (χ1) is 12.8. The largest absolute Gasteiger partial charge is 0.301 e. The van der Waals surface area contributed by atoms with E-state index in [1.165, 1.54) is 49.6 Å². The molecule has 0 saturated carbocycles. The highest BCUT2D eigenvalue weighted by Crippen LogP contribution is 2.25. The first-order valence-electron chi connectivity index (χ1n) is 8.00. The number of sulfonamides is 1. The maximum Gasteiger partial charge on any atom is 0.243 e. The second-order valence-corrected chi connectivity index (χ2v) is 8.95. The number of ketones is 1. The third-order valence-electron chi connectivity index (χ3n) is 3.88. The minimum atomic E-state index is -3.85. The summed E-state index contributed by atoms with van der Waals surface area (Å²) in [6.07, 6.45) is 0. The smallest absolute Gasteiger partial charge is 0.243 e. The van der Waals surface area contributed by atoms with Crippen LogP contribution in [0, 0.1) is 0 Å². The summed E-state index contributed by atoms with van der Waals surface area (Å²) < 4.78 is 27.1. The number of carbonyl (C=O) groups is 2. The van der Waals surface area contributed by atoms with Gasteiger partial charge in [-0.1, -0.05) is 35.6 Å². The van der Waals surface area contributed by atoms with Crippen molar-refractivity contribution < 1.29 is 18.0 Å². The van der Waals surface area contributed by atoms with Gasteiger partial charge in [0.05, 0.1) is 21.7 Å². The number of para-hydroxylation sites is 1. The lowest BCUT2D eigenvalue weighted by Gasteiger charge is -2.16. The molecule has 2 aromatic carbocycles. The van der Waals surface area contributed by atoms with Gasteiger partial charge < -0.3 is 5.32 Å². The van der Waals surface area contributed by atoms with Crippen LogP contribution in [0.15, 0.2) is 53.4 Å². The molecule has 1 N–H and O–H groups in total. The maximum absolute atomic E-state index is 12.6. The standard InChI is InChI=1S/C18H17N3O4S2/c1-12(22)13-7-9-14(10-8-13)27(24,25)21(2)11-17(23)20-18-19-15-5-3-4-6-16(15)26-18/h3-10H,11H2,1-2H3,(H,19,20,23). The summed E-state index contributed by atoms with van der Waals surface area (Å²) in [4.78, 5) is 27.8. The summed E-state index contributed by atoms with van der Waals surface area (Å²) >= 11 is 1.32. The lowest BCUT2D eigenvalue weighted by molar-refractivity contribution is -0.116. The molecular formula is C18H17N3O4S2. The first-order valence-corrected chi connectivity index (χ1v) is 10.3. The van der Waals surface area contributed by atoms with E-state index in [0.717, 1.165) is 14.5 Å². The van der Waals surface area contributed by atoms with Crippen LogP contribution in [-0.2, 0) is 14.8 Å². The molecule has 0 radical (unpaired) electrons. The van der Waals surface area contributed by atoms with Crippen molar-refractivity contribution in [2.24, 2.45) is 0 Å². The third-order valence-corrected chi connectivity index (χ3v) is 6.64. The van der Waals surface area contributed by atoms with E-state index in [0.29, 0.717) is 10.7 Å². The lowest BCUT2D eigenvalue weighted by atomic mass is 10.2. The lowest BCUT2D eigenvalue weighted by Crippen LogP contribution is -2.34. The molecule has 1 heterocycles. The van der Waals surface area contributed by atoms with Crippen molar-refractivity contribution in [3.05, 3.63) is 54.1 Å². The number of nitrogens with one attached hydrogen (secondary N) is 1. The molecule has 0 spiro atoms. The molecule has 3 aromatic rings. The fourth-order valence-corrected chi connectivity index (χ4v) is 4.42. The zero-order chi connectivity index (χ0) is 19.6. The summed E-state index contributed by atoms with van der Waals surface area (Å²) in [6, 6.07) is 13.1. The Kier molecular flexibility index (Phi) is 5.36. The van der Waals surface area contributed by atoms with Crippen LogP contribution >= 0.6 is 11.3 Å². The van der Waals surface area contributed by atoms with E-state index in [1.54, 1.807) is 0 Å². The van der Waals surface area contributed by atoms with Gasteiger partial charge in [-0.05, 0) is 31.2 Å². The molecule has 7 nitrogen and oxygen atoms in total. The van der Waals surface area contributed by atoms with Gasteiger partial charge in [0, 0.05) is 12.6 Å². The quantitative estimate of drug-likeness (QED) is 0.639. The van der Waals surface area contributed by atoms with Crippen LogP contribution < -0.4 is 5.32 Å². The van der Waals surface area contributed by atoms with Gasteiger partial charge in [-0.15, -0.1) is 0 Å². The van der Waals surface area contributed by atoms with E-state index in [-0.39, 0.29) is 17.2 Å². The number of anilines is 1. The van der Waals surface area contributed by atoms with Gasteiger partial charge in [0.2, 0.25) is 15.9 Å². The molecule has 140 valence electrons. The maximum atomic E-state index is 12.6. The topological polar surface area (TPSA) is 96.4 Å². The molecule has 1 aromatic heterocycles. The predicted octanol–water partition coefficient (Wildman–Crippen LogP) is 2.76. The fraction of sp³-hybridized carbons (Fsp3) is 0.167. The van der Waals surface area contributed by atoms with Gasteiger partial charge in [0.1, 0.15) is 0 Å². The van der Waals surface area contributed by atoms with Crippen molar-refractivity contribution in [1.29, 1.82) is 0 Å². The first kappa shape index (κ1) is 19.2. The van der Waals surface area contributed by atoms with Gasteiger partial charge in [-0.3, -0.25) is 9.59 Å². The summed E-state index contributed by atoms with van der Waals surface area (Å²) in [7, 11) is -2.52. The Balaban J connectivity index is 1.70. The minimum Gasteiger partial charge on any atom is -0.301 e. The van der Waals surface area contributed by atoms with E-state index < -0.39 is 15.9 Å². The number of likely N-dealkylation sites (N-methyl/N-ethyl adjacent to an activating group) is 1. The van der Waals surface area contributed by atoms with E-state index in [9.17, 15) is 18.0 Å². The zero-order valence-corrected chi connectivity index (χ0v) is 16.3. The van der Waals surface area contributed by atoms with Crippen molar-refractivity contribution in [3.8, 4) is 0 Å². The van der Waals surface area contributed by atoms with Crippen LogP contribution in [0.2, 0.25) is 0 Å². The van der Waals surface area contributed by atoms with Crippen LogP contribution in [0.4, 0.5) is 5.13 Å². The molecule has 0 unspecified atom stereocenters. The second-order valence-electron chi connectivity index (χ2n) is 5.88. The Morgan fingerprint density at radius 1 is 1.11 bits per heavy atom. The number of amides is 1. The van der Waals surface area contributed by atoms with Crippen molar-refractivity contribution in [1.82, 2.24) is 9.29 Å². The number of benzene rings is 2. The highest BCUT2D eigenvalue weighted by Gasteiger charge is 2.23. The van der Waals surface area contributed by atoms with E-state index in [1.807, 2.05) is 24.3 Å². The number of carbonyl (C=O) groups excluding carboxylic acids is 2.